The van der Waals surface area contributed by atoms with E-state index in [-0.39, 0.29) is 11.3 Å². The molecule has 47 heavy (non-hydrogen) atoms. The average Bonchev–Trinajstić information content (AvgIpc) is 3.67. The molecule has 0 fully saturated rings. The molecule has 0 bridgehead atoms. The van der Waals surface area contributed by atoms with Crippen molar-refractivity contribution in [1.82, 2.24) is 9.55 Å². The predicted molar refractivity (Wildman–Crippen MR) is 189 cm³/mol. The third-order valence-corrected chi connectivity index (χ3v) is 10.4. The zero-order valence-electron chi connectivity index (χ0n) is 25.6. The Kier molecular flexibility index (Phi) is 5.62. The van der Waals surface area contributed by atoms with Gasteiger partial charge in [0, 0.05) is 34.2 Å². The van der Waals surface area contributed by atoms with Crippen LogP contribution in [0.3, 0.4) is 0 Å². The molecule has 3 heteroatoms. The Bertz CT molecular complexity index is 2400. The summed E-state index contributed by atoms with van der Waals surface area (Å²) in [7, 11) is 0. The number of imidazole rings is 1. The van der Waals surface area contributed by atoms with Gasteiger partial charge in [0.1, 0.15) is 17.3 Å². The summed E-state index contributed by atoms with van der Waals surface area (Å²) < 4.78 is 8.91. The molecule has 1 aromatic heterocycles. The lowest BCUT2D eigenvalue weighted by molar-refractivity contribution is 0.374. The van der Waals surface area contributed by atoms with E-state index in [1.54, 1.807) is 0 Å². The minimum atomic E-state index is -0.358. The number of aromatic nitrogens is 2. The first kappa shape index (κ1) is 26.3. The summed E-state index contributed by atoms with van der Waals surface area (Å²) in [6.07, 6.45) is 9.21. The van der Waals surface area contributed by atoms with Crippen LogP contribution in [0.1, 0.15) is 28.2 Å². The van der Waals surface area contributed by atoms with Gasteiger partial charge in [-0.15, -0.1) is 0 Å². The molecule has 7 aromatic rings. The molecule has 0 saturated carbocycles. The van der Waals surface area contributed by atoms with Gasteiger partial charge in [-0.1, -0.05) is 127 Å². The first-order chi connectivity index (χ1) is 23.3. The van der Waals surface area contributed by atoms with E-state index in [0.29, 0.717) is 5.92 Å². The Labute approximate surface area is 273 Å². The van der Waals surface area contributed by atoms with Gasteiger partial charge in [-0.25, -0.2) is 4.98 Å². The lowest BCUT2D eigenvalue weighted by Gasteiger charge is -2.43. The summed E-state index contributed by atoms with van der Waals surface area (Å²) in [6.45, 7) is 0. The van der Waals surface area contributed by atoms with Gasteiger partial charge in [-0.05, 0) is 64.7 Å². The number of hydrogen-bond acceptors (Lipinski definition) is 2. The molecule has 222 valence electrons. The quantitative estimate of drug-likeness (QED) is 0.201. The van der Waals surface area contributed by atoms with E-state index in [9.17, 15) is 0 Å². The van der Waals surface area contributed by atoms with Crippen molar-refractivity contribution in [3.8, 4) is 39.7 Å². The fraction of sp³-hybridized carbons (Fsp3) is 0.0682. The van der Waals surface area contributed by atoms with Gasteiger partial charge in [0.25, 0.3) is 0 Å². The van der Waals surface area contributed by atoms with Crippen LogP contribution in [0.5, 0.6) is 11.5 Å². The summed E-state index contributed by atoms with van der Waals surface area (Å²) in [6, 6.07) is 52.1. The molecule has 2 aliphatic carbocycles. The van der Waals surface area contributed by atoms with E-state index in [1.165, 1.54) is 27.8 Å². The Morgan fingerprint density at radius 3 is 2.13 bits per heavy atom. The lowest BCUT2D eigenvalue weighted by atomic mass is 9.61. The van der Waals surface area contributed by atoms with Crippen molar-refractivity contribution in [2.45, 2.75) is 11.3 Å². The molecule has 0 N–H and O–H groups in total. The summed E-state index contributed by atoms with van der Waals surface area (Å²) in [5.41, 5.74) is 11.5. The fourth-order valence-corrected chi connectivity index (χ4v) is 8.42. The van der Waals surface area contributed by atoms with Crippen LogP contribution >= 0.6 is 0 Å². The number of benzene rings is 6. The zero-order chi connectivity index (χ0) is 31.0. The van der Waals surface area contributed by atoms with Crippen molar-refractivity contribution in [2.75, 3.05) is 0 Å². The summed E-state index contributed by atoms with van der Waals surface area (Å²) in [5.74, 6) is 3.36. The highest BCUT2D eigenvalue weighted by atomic mass is 16.5. The van der Waals surface area contributed by atoms with Crippen molar-refractivity contribution in [1.29, 1.82) is 0 Å². The highest BCUT2D eigenvalue weighted by Crippen LogP contribution is 2.64. The third-order valence-electron chi connectivity index (χ3n) is 10.4. The van der Waals surface area contributed by atoms with Crippen molar-refractivity contribution in [3.05, 3.63) is 192 Å². The largest absolute Gasteiger partial charge is 0.457 e. The van der Waals surface area contributed by atoms with Crippen molar-refractivity contribution >= 4 is 11.0 Å². The van der Waals surface area contributed by atoms with Gasteiger partial charge in [-0.2, -0.15) is 0 Å². The normalized spacial score (nSPS) is 20.0. The monoisotopic (exact) mass is 602 g/mol. The van der Waals surface area contributed by atoms with E-state index in [0.717, 1.165) is 45.2 Å². The Morgan fingerprint density at radius 2 is 1.23 bits per heavy atom. The minimum Gasteiger partial charge on any atom is -0.457 e. The minimum absolute atomic E-state index is 0.248. The molecule has 3 atom stereocenters. The fourth-order valence-electron chi connectivity index (χ4n) is 8.42. The smallest absolute Gasteiger partial charge is 0.145 e. The number of nitrogens with zero attached hydrogens (tertiary/aromatic N) is 2. The maximum atomic E-state index is 6.66. The highest BCUT2D eigenvalue weighted by molar-refractivity contribution is 5.84. The zero-order valence-corrected chi connectivity index (χ0v) is 25.6. The molecule has 3 unspecified atom stereocenters. The second-order valence-corrected chi connectivity index (χ2v) is 12.7. The molecule has 2 heterocycles. The van der Waals surface area contributed by atoms with E-state index in [4.69, 9.17) is 9.72 Å². The van der Waals surface area contributed by atoms with Crippen molar-refractivity contribution in [2.24, 2.45) is 5.92 Å². The maximum absolute atomic E-state index is 6.66. The van der Waals surface area contributed by atoms with Crippen molar-refractivity contribution in [3.63, 3.8) is 0 Å². The molecule has 1 spiro atoms. The lowest BCUT2D eigenvalue weighted by Crippen LogP contribution is -2.37. The summed E-state index contributed by atoms with van der Waals surface area (Å²) >= 11 is 0. The Morgan fingerprint density at radius 1 is 0.553 bits per heavy atom. The van der Waals surface area contributed by atoms with Crippen LogP contribution in [-0.2, 0) is 5.41 Å². The topological polar surface area (TPSA) is 27.1 Å². The number of para-hydroxylation sites is 4. The number of fused-ring (bicyclic) bond motifs is 10. The van der Waals surface area contributed by atoms with E-state index in [2.05, 4.69) is 168 Å². The highest BCUT2D eigenvalue weighted by Gasteiger charge is 2.56. The van der Waals surface area contributed by atoms with Gasteiger partial charge in [0.2, 0.25) is 0 Å². The molecular formula is C44H30N2O. The first-order valence-electron chi connectivity index (χ1n) is 16.3. The maximum Gasteiger partial charge on any atom is 0.145 e. The number of hydrogen-bond donors (Lipinski definition) is 0. The molecule has 10 rings (SSSR count). The Hall–Kier alpha value is -5.93. The molecule has 0 amide bonds. The number of rotatable bonds is 3. The molecule has 0 saturated heterocycles. The van der Waals surface area contributed by atoms with Gasteiger partial charge in [0.15, 0.2) is 0 Å². The van der Waals surface area contributed by atoms with Crippen LogP contribution in [0.15, 0.2) is 170 Å². The second kappa shape index (κ2) is 10.0. The summed E-state index contributed by atoms with van der Waals surface area (Å²) in [5, 5.41) is 0. The predicted octanol–water partition coefficient (Wildman–Crippen LogP) is 10.6. The van der Waals surface area contributed by atoms with E-state index >= 15 is 0 Å². The van der Waals surface area contributed by atoms with Gasteiger partial charge in [-0.3, -0.25) is 4.57 Å². The SMILES string of the molecule is C1=CC2c3ccccc3C3(c4ccccc4Oc4ccc(-c5ccc(-c6nc7ccccc7n6-c6ccccc6)cc5)cc43)C2C=C1. The van der Waals surface area contributed by atoms with Gasteiger partial charge >= 0.3 is 0 Å². The molecule has 3 nitrogen and oxygen atoms in total. The van der Waals surface area contributed by atoms with Crippen LogP contribution in [0.25, 0.3) is 39.2 Å². The molecule has 1 aliphatic heterocycles. The van der Waals surface area contributed by atoms with E-state index in [1.807, 2.05) is 6.07 Å². The van der Waals surface area contributed by atoms with E-state index < -0.39 is 0 Å². The number of allylic oxidation sites excluding steroid dienone is 4. The standard InChI is InChI=1S/C44H30N2O/c1-2-12-32(13-3-1)46-40-20-10-9-19-39(40)45-43(46)30-24-22-29(23-25-30)31-26-27-42-38(28-31)44(37-18-8-11-21-41(37)47-42)35-16-6-4-14-33(35)34-15-5-7-17-36(34)44/h1-28,33,35H. The molecule has 3 aliphatic rings. The van der Waals surface area contributed by atoms with Gasteiger partial charge in [0.05, 0.1) is 16.4 Å². The average molecular weight is 603 g/mol. The summed E-state index contributed by atoms with van der Waals surface area (Å²) in [4.78, 5) is 5.08. The van der Waals surface area contributed by atoms with Gasteiger partial charge < -0.3 is 4.74 Å². The molecular weight excluding hydrogens is 572 g/mol. The first-order valence-corrected chi connectivity index (χ1v) is 16.3. The molecule has 6 aromatic carbocycles. The van der Waals surface area contributed by atoms with Crippen LogP contribution < -0.4 is 4.74 Å². The third kappa shape index (κ3) is 3.71. The van der Waals surface area contributed by atoms with Crippen molar-refractivity contribution < 1.29 is 4.74 Å². The number of ether oxygens (including phenoxy) is 1. The van der Waals surface area contributed by atoms with Crippen LogP contribution in [0, 0.1) is 5.92 Å². The van der Waals surface area contributed by atoms with Crippen LogP contribution in [-0.4, -0.2) is 9.55 Å². The van der Waals surface area contributed by atoms with Crippen LogP contribution in [0.4, 0.5) is 0 Å². The Balaban J connectivity index is 1.13. The van der Waals surface area contributed by atoms with Crippen LogP contribution in [0.2, 0.25) is 0 Å². The molecule has 0 radical (unpaired) electrons. The second-order valence-electron chi connectivity index (χ2n) is 12.7.